The number of halogens is 1. The number of amides is 1. The van der Waals surface area contributed by atoms with Gasteiger partial charge >= 0.3 is 0 Å². The molecule has 2 aromatic carbocycles. The number of β-amino-alcohol motifs (C(OH)–C–C–N with tert-alkyl or cyclic N) is 1. The second-order valence-electron chi connectivity index (χ2n) is 8.68. The molecule has 32 heavy (non-hydrogen) atoms. The number of carbonyl (C=O) groups excluding carboxylic acids is 1. The van der Waals surface area contributed by atoms with Crippen LogP contribution < -0.4 is 16.0 Å². The smallest absolute Gasteiger partial charge is 0.253 e. The van der Waals surface area contributed by atoms with Gasteiger partial charge in [-0.25, -0.2) is 0 Å². The second-order valence-corrected chi connectivity index (χ2v) is 8.68. The summed E-state index contributed by atoms with van der Waals surface area (Å²) in [5, 5.41) is 21.1. The average molecular weight is 460 g/mol. The van der Waals surface area contributed by atoms with Gasteiger partial charge in [-0.15, -0.1) is 12.4 Å². The minimum absolute atomic E-state index is 0. The van der Waals surface area contributed by atoms with E-state index in [4.69, 9.17) is 0 Å². The molecule has 5 nitrogen and oxygen atoms in total. The van der Waals surface area contributed by atoms with Crippen LogP contribution in [0.4, 0.5) is 5.69 Å². The number of benzene rings is 2. The summed E-state index contributed by atoms with van der Waals surface area (Å²) >= 11 is 0. The van der Waals surface area contributed by atoms with Crippen molar-refractivity contribution in [3.63, 3.8) is 0 Å². The van der Waals surface area contributed by atoms with Crippen LogP contribution in [0.25, 0.3) is 0 Å². The summed E-state index contributed by atoms with van der Waals surface area (Å²) < 4.78 is 0. The van der Waals surface area contributed by atoms with E-state index in [-0.39, 0.29) is 29.9 Å². The first-order chi connectivity index (χ1) is 15.1. The molecule has 0 spiro atoms. The predicted molar refractivity (Wildman–Crippen MR) is 135 cm³/mol. The fourth-order valence-electron chi connectivity index (χ4n) is 4.48. The lowest BCUT2D eigenvalue weighted by atomic mass is 9.73. The van der Waals surface area contributed by atoms with Gasteiger partial charge in [0, 0.05) is 24.3 Å². The van der Waals surface area contributed by atoms with Crippen molar-refractivity contribution >= 4 is 24.0 Å². The summed E-state index contributed by atoms with van der Waals surface area (Å²) in [5.74, 6) is -0.163. The predicted octanol–water partition coefficient (Wildman–Crippen LogP) is 4.55. The minimum Gasteiger partial charge on any atom is -0.390 e. The van der Waals surface area contributed by atoms with Crippen LogP contribution >= 0.6 is 12.4 Å². The number of aliphatic hydroxyl groups is 1. The van der Waals surface area contributed by atoms with Crippen LogP contribution in [0.3, 0.4) is 0 Å². The Morgan fingerprint density at radius 3 is 2.38 bits per heavy atom. The van der Waals surface area contributed by atoms with Crippen molar-refractivity contribution in [2.24, 2.45) is 0 Å². The summed E-state index contributed by atoms with van der Waals surface area (Å²) in [4.78, 5) is 13.1. The van der Waals surface area contributed by atoms with Crippen LogP contribution in [0.2, 0.25) is 0 Å². The number of hydrogen-bond acceptors (Lipinski definition) is 4. The molecular weight excluding hydrogens is 422 g/mol. The van der Waals surface area contributed by atoms with Gasteiger partial charge in [-0.05, 0) is 56.7 Å². The maximum absolute atomic E-state index is 13.1. The van der Waals surface area contributed by atoms with E-state index in [9.17, 15) is 9.90 Å². The van der Waals surface area contributed by atoms with Gasteiger partial charge in [0.2, 0.25) is 0 Å². The molecular formula is C26H38ClN3O2. The highest BCUT2D eigenvalue weighted by Crippen LogP contribution is 2.35. The molecule has 0 aliphatic heterocycles. The highest BCUT2D eigenvalue weighted by Gasteiger charge is 2.36. The molecule has 3 rings (SSSR count). The van der Waals surface area contributed by atoms with E-state index in [0.717, 1.165) is 30.6 Å². The first kappa shape index (κ1) is 26.2. The zero-order valence-corrected chi connectivity index (χ0v) is 20.1. The quantitative estimate of drug-likeness (QED) is 0.375. The molecule has 1 amide bonds. The zero-order valence-electron chi connectivity index (χ0n) is 19.3. The largest absolute Gasteiger partial charge is 0.390 e. The van der Waals surface area contributed by atoms with Gasteiger partial charge in [-0.3, -0.25) is 4.79 Å². The van der Waals surface area contributed by atoms with Gasteiger partial charge in [0.15, 0.2) is 0 Å². The van der Waals surface area contributed by atoms with Gasteiger partial charge in [0.1, 0.15) is 0 Å². The fraction of sp³-hybridized carbons (Fsp3) is 0.500. The zero-order chi connectivity index (χ0) is 22.1. The summed E-state index contributed by atoms with van der Waals surface area (Å²) in [7, 11) is 0. The Morgan fingerprint density at radius 1 is 1.06 bits per heavy atom. The Kier molecular flexibility index (Phi) is 10.5. The van der Waals surface area contributed by atoms with Crippen molar-refractivity contribution in [2.45, 2.75) is 70.1 Å². The van der Waals surface area contributed by atoms with Crippen molar-refractivity contribution in [1.82, 2.24) is 10.6 Å². The summed E-state index contributed by atoms with van der Waals surface area (Å²) in [5.41, 5.74) is 2.67. The molecule has 0 bridgehead atoms. The van der Waals surface area contributed by atoms with E-state index in [0.29, 0.717) is 18.5 Å². The maximum Gasteiger partial charge on any atom is 0.253 e. The molecule has 6 heteroatoms. The van der Waals surface area contributed by atoms with Crippen molar-refractivity contribution in [1.29, 1.82) is 0 Å². The van der Waals surface area contributed by atoms with Gasteiger partial charge in [0.25, 0.3) is 5.91 Å². The number of para-hydroxylation sites is 1. The lowest BCUT2D eigenvalue weighted by Gasteiger charge is -2.44. The number of anilines is 1. The molecule has 2 atom stereocenters. The third-order valence-corrected chi connectivity index (χ3v) is 6.34. The van der Waals surface area contributed by atoms with Gasteiger partial charge in [-0.1, -0.05) is 55.8 Å². The molecule has 176 valence electrons. The lowest BCUT2D eigenvalue weighted by molar-refractivity contribution is 0.0747. The molecule has 0 radical (unpaired) electrons. The fourth-order valence-corrected chi connectivity index (χ4v) is 4.48. The Bertz CT molecular complexity index is 827. The molecule has 4 N–H and O–H groups in total. The van der Waals surface area contributed by atoms with Crippen molar-refractivity contribution in [3.8, 4) is 0 Å². The lowest BCUT2D eigenvalue weighted by Crippen LogP contribution is -2.56. The number of hydrogen-bond donors (Lipinski definition) is 4. The van der Waals surface area contributed by atoms with Crippen LogP contribution in [0.5, 0.6) is 0 Å². The van der Waals surface area contributed by atoms with Crippen molar-refractivity contribution in [3.05, 3.63) is 65.7 Å². The van der Waals surface area contributed by atoms with Crippen LogP contribution in [0.1, 0.15) is 61.9 Å². The number of aliphatic hydroxyl groups excluding tert-OH is 1. The van der Waals surface area contributed by atoms with Gasteiger partial charge in [0.05, 0.1) is 17.7 Å². The number of nitrogens with one attached hydrogen (secondary N) is 3. The third kappa shape index (κ3) is 6.96. The molecule has 1 saturated carbocycles. The van der Waals surface area contributed by atoms with Crippen LogP contribution in [0.15, 0.2) is 54.6 Å². The molecule has 1 aliphatic carbocycles. The summed E-state index contributed by atoms with van der Waals surface area (Å²) in [6, 6.07) is 17.2. The molecule has 0 heterocycles. The van der Waals surface area contributed by atoms with E-state index in [1.54, 1.807) is 0 Å². The van der Waals surface area contributed by atoms with E-state index in [2.05, 4.69) is 22.9 Å². The van der Waals surface area contributed by atoms with E-state index >= 15 is 0 Å². The highest BCUT2D eigenvalue weighted by atomic mass is 35.5. The molecule has 1 aliphatic rings. The van der Waals surface area contributed by atoms with Crippen LogP contribution in [0, 0.1) is 0 Å². The minimum atomic E-state index is -0.676. The number of rotatable bonds is 12. The summed E-state index contributed by atoms with van der Waals surface area (Å²) in [6.45, 7) is 5.43. The average Bonchev–Trinajstić information content (AvgIpc) is 2.76. The molecule has 0 unspecified atom stereocenters. The van der Waals surface area contributed by atoms with Crippen LogP contribution in [-0.4, -0.2) is 41.8 Å². The molecule has 1 fully saturated rings. The topological polar surface area (TPSA) is 73.4 Å². The first-order valence-electron chi connectivity index (χ1n) is 11.7. The van der Waals surface area contributed by atoms with E-state index < -0.39 is 6.10 Å². The third-order valence-electron chi connectivity index (χ3n) is 6.34. The summed E-state index contributed by atoms with van der Waals surface area (Å²) in [6.07, 6.45) is 5.75. The molecule has 2 aromatic rings. The monoisotopic (exact) mass is 459 g/mol. The maximum atomic E-state index is 13.1. The Hall–Kier alpha value is -2.08. The second kappa shape index (κ2) is 12.8. The van der Waals surface area contributed by atoms with Gasteiger partial charge in [-0.2, -0.15) is 0 Å². The molecule has 0 saturated heterocycles. The van der Waals surface area contributed by atoms with E-state index in [1.807, 2.05) is 61.5 Å². The normalized spacial score (nSPS) is 16.2. The highest BCUT2D eigenvalue weighted by molar-refractivity contribution is 5.99. The Morgan fingerprint density at radius 2 is 1.75 bits per heavy atom. The van der Waals surface area contributed by atoms with Gasteiger partial charge < -0.3 is 21.1 Å². The van der Waals surface area contributed by atoms with Crippen molar-refractivity contribution < 1.29 is 9.90 Å². The first-order valence-corrected chi connectivity index (χ1v) is 11.7. The molecule has 0 aromatic heterocycles. The standard InChI is InChI=1S/C26H37N3O2.ClH/c1-3-15-26(16-10-17-26)28-19-24(30)23(18-20-11-6-5-7-12-20)29-25(31)21-13-8-9-14-22(21)27-4-2;/h5-9,11-14,23-24,27-28,30H,3-4,10,15-19H2,1-2H3,(H,29,31);1H/t23-,24+;/m0./s1. The SMILES string of the molecule is CCCC1(NC[C@@H](O)[C@H](Cc2ccccc2)NC(=O)c2ccccc2NCC)CCC1.Cl. The Labute approximate surface area is 198 Å². The van der Waals surface area contributed by atoms with Crippen LogP contribution in [-0.2, 0) is 6.42 Å². The van der Waals surface area contributed by atoms with E-state index in [1.165, 1.54) is 19.3 Å². The number of carbonyl (C=O) groups is 1. The Balaban J connectivity index is 0.00000363. The van der Waals surface area contributed by atoms with Crippen molar-refractivity contribution in [2.75, 3.05) is 18.4 Å².